The van der Waals surface area contributed by atoms with Crippen molar-refractivity contribution in [1.29, 1.82) is 0 Å². The van der Waals surface area contributed by atoms with Crippen LogP contribution in [0.15, 0.2) is 23.1 Å². The summed E-state index contributed by atoms with van der Waals surface area (Å²) in [5.74, 6) is 4.67. The normalized spacial score (nSPS) is 16.1. The van der Waals surface area contributed by atoms with Crippen LogP contribution in [0.1, 0.15) is 18.4 Å². The van der Waals surface area contributed by atoms with E-state index < -0.39 is 15.8 Å². The summed E-state index contributed by atoms with van der Waals surface area (Å²) < 4.78 is 39.5. The van der Waals surface area contributed by atoms with Crippen molar-refractivity contribution < 1.29 is 12.8 Å². The number of rotatable bonds is 2. The van der Waals surface area contributed by atoms with E-state index in [1.54, 1.807) is 0 Å². The third kappa shape index (κ3) is 2.95. The third-order valence-corrected chi connectivity index (χ3v) is 4.91. The van der Waals surface area contributed by atoms with Gasteiger partial charge in [-0.15, -0.1) is 0 Å². The second kappa shape index (κ2) is 5.70. The predicted octanol–water partition coefficient (Wildman–Crippen LogP) is 0.920. The highest BCUT2D eigenvalue weighted by molar-refractivity contribution is 7.89. The second-order valence-corrected chi connectivity index (χ2v) is 6.16. The highest BCUT2D eigenvalue weighted by atomic mass is 32.2. The topological polar surface area (TPSA) is 63.4 Å². The van der Waals surface area contributed by atoms with Crippen LogP contribution in [0.4, 0.5) is 4.39 Å². The number of nitrogens with zero attached hydrogens (tertiary/aromatic N) is 1. The zero-order valence-electron chi connectivity index (χ0n) is 10.4. The maximum Gasteiger partial charge on any atom is 0.244 e. The van der Waals surface area contributed by atoms with Crippen LogP contribution in [0.25, 0.3) is 0 Å². The van der Waals surface area contributed by atoms with Gasteiger partial charge in [0.1, 0.15) is 5.82 Å². The Kier molecular flexibility index (Phi) is 4.20. The molecule has 19 heavy (non-hydrogen) atoms. The van der Waals surface area contributed by atoms with Gasteiger partial charge in [-0.05, 0) is 31.0 Å². The molecule has 102 valence electrons. The molecule has 0 radical (unpaired) electrons. The van der Waals surface area contributed by atoms with Crippen LogP contribution in [0.2, 0.25) is 0 Å². The van der Waals surface area contributed by atoms with E-state index in [2.05, 4.69) is 11.8 Å². The van der Waals surface area contributed by atoms with Crippen molar-refractivity contribution in [2.24, 2.45) is 5.73 Å². The van der Waals surface area contributed by atoms with Crippen molar-refractivity contribution in [2.45, 2.75) is 17.7 Å². The number of halogens is 1. The molecule has 0 bridgehead atoms. The van der Waals surface area contributed by atoms with Crippen molar-refractivity contribution in [3.8, 4) is 11.8 Å². The van der Waals surface area contributed by atoms with Gasteiger partial charge in [0.15, 0.2) is 0 Å². The summed E-state index contributed by atoms with van der Waals surface area (Å²) in [6, 6.07) is 3.53. The van der Waals surface area contributed by atoms with Crippen LogP contribution in [-0.4, -0.2) is 32.4 Å². The smallest absolute Gasteiger partial charge is 0.244 e. The second-order valence-electron chi connectivity index (χ2n) is 4.26. The fourth-order valence-corrected chi connectivity index (χ4v) is 3.68. The van der Waals surface area contributed by atoms with E-state index in [9.17, 15) is 12.8 Å². The molecule has 1 aliphatic heterocycles. The molecule has 0 aromatic heterocycles. The summed E-state index contributed by atoms with van der Waals surface area (Å²) in [6.07, 6.45) is 1.70. The van der Waals surface area contributed by atoms with Gasteiger partial charge in [0.25, 0.3) is 0 Å². The number of nitrogens with two attached hydrogens (primary N) is 1. The van der Waals surface area contributed by atoms with Crippen LogP contribution in [0, 0.1) is 17.7 Å². The van der Waals surface area contributed by atoms with Crippen molar-refractivity contribution in [2.75, 3.05) is 19.6 Å². The fraction of sp³-hybridized carbons (Fsp3) is 0.385. The Labute approximate surface area is 112 Å². The van der Waals surface area contributed by atoms with Gasteiger partial charge < -0.3 is 5.73 Å². The first kappa shape index (κ1) is 14.0. The molecule has 1 aliphatic rings. The summed E-state index contributed by atoms with van der Waals surface area (Å²) in [7, 11) is -3.59. The molecule has 1 heterocycles. The Morgan fingerprint density at radius 1 is 1.32 bits per heavy atom. The number of benzene rings is 1. The lowest BCUT2D eigenvalue weighted by Gasteiger charge is -2.16. The van der Waals surface area contributed by atoms with Gasteiger partial charge in [-0.25, -0.2) is 12.8 Å². The summed E-state index contributed by atoms with van der Waals surface area (Å²) in [6.45, 7) is 1.10. The van der Waals surface area contributed by atoms with Gasteiger partial charge in [0.05, 0.1) is 11.4 Å². The molecule has 0 saturated carbocycles. The summed E-state index contributed by atoms with van der Waals surface area (Å²) in [5, 5.41) is 0. The number of sulfonamides is 1. The van der Waals surface area contributed by atoms with Crippen LogP contribution in [-0.2, 0) is 10.0 Å². The first-order valence-electron chi connectivity index (χ1n) is 6.04. The molecule has 0 atom stereocenters. The summed E-state index contributed by atoms with van der Waals surface area (Å²) in [4.78, 5) is 0.0525. The zero-order chi connectivity index (χ0) is 13.9. The van der Waals surface area contributed by atoms with E-state index in [1.807, 2.05) is 0 Å². The van der Waals surface area contributed by atoms with E-state index in [1.165, 1.54) is 10.4 Å². The van der Waals surface area contributed by atoms with Crippen molar-refractivity contribution in [3.63, 3.8) is 0 Å². The van der Waals surface area contributed by atoms with Crippen LogP contribution < -0.4 is 5.73 Å². The van der Waals surface area contributed by atoms with Crippen LogP contribution >= 0.6 is 0 Å². The van der Waals surface area contributed by atoms with Crippen LogP contribution in [0.3, 0.4) is 0 Å². The molecule has 1 aromatic rings. The lowest BCUT2D eigenvalue weighted by atomic mass is 10.2. The maximum atomic E-state index is 13.2. The minimum atomic E-state index is -3.59. The highest BCUT2D eigenvalue weighted by Crippen LogP contribution is 2.24. The Bertz CT molecular complexity index is 626. The summed E-state index contributed by atoms with van der Waals surface area (Å²) >= 11 is 0. The molecule has 0 amide bonds. The lowest BCUT2D eigenvalue weighted by Crippen LogP contribution is -2.28. The predicted molar refractivity (Wildman–Crippen MR) is 70.3 cm³/mol. The van der Waals surface area contributed by atoms with Crippen molar-refractivity contribution in [3.05, 3.63) is 29.6 Å². The van der Waals surface area contributed by atoms with Gasteiger partial charge in [-0.3, -0.25) is 0 Å². The number of hydrogen-bond acceptors (Lipinski definition) is 3. The van der Waals surface area contributed by atoms with Crippen molar-refractivity contribution in [1.82, 2.24) is 4.31 Å². The van der Waals surface area contributed by atoms with Gasteiger partial charge >= 0.3 is 0 Å². The minimum absolute atomic E-state index is 0.0525. The van der Waals surface area contributed by atoms with E-state index >= 15 is 0 Å². The Morgan fingerprint density at radius 2 is 2.00 bits per heavy atom. The minimum Gasteiger partial charge on any atom is -0.320 e. The molecule has 0 spiro atoms. The highest BCUT2D eigenvalue weighted by Gasteiger charge is 2.29. The Hall–Kier alpha value is -1.42. The molecule has 2 rings (SSSR count). The zero-order valence-corrected chi connectivity index (χ0v) is 11.2. The molecule has 1 saturated heterocycles. The van der Waals surface area contributed by atoms with Gasteiger partial charge in [-0.2, -0.15) is 4.31 Å². The molecule has 4 nitrogen and oxygen atoms in total. The number of hydrogen-bond donors (Lipinski definition) is 1. The SMILES string of the molecule is NCC#Cc1cc(F)ccc1S(=O)(=O)N1CCCC1. The summed E-state index contributed by atoms with van der Waals surface area (Å²) in [5.41, 5.74) is 5.43. The van der Waals surface area contributed by atoms with E-state index in [0.29, 0.717) is 13.1 Å². The Balaban J connectivity index is 2.49. The van der Waals surface area contributed by atoms with Gasteiger partial charge in [0.2, 0.25) is 10.0 Å². The standard InChI is InChI=1S/C13H15FN2O2S/c14-12-5-6-13(11(10-12)4-3-7-15)19(17,18)16-8-1-2-9-16/h5-6,10H,1-2,7-9,15H2. The van der Waals surface area contributed by atoms with Crippen LogP contribution in [0.5, 0.6) is 0 Å². The molecule has 0 unspecified atom stereocenters. The fourth-order valence-electron chi connectivity index (χ4n) is 2.04. The first-order chi connectivity index (χ1) is 9.05. The monoisotopic (exact) mass is 282 g/mol. The molecule has 0 aliphatic carbocycles. The first-order valence-corrected chi connectivity index (χ1v) is 7.48. The molecule has 2 N–H and O–H groups in total. The van der Waals surface area contributed by atoms with Crippen molar-refractivity contribution >= 4 is 10.0 Å². The average molecular weight is 282 g/mol. The van der Waals surface area contributed by atoms with Gasteiger partial charge in [-0.1, -0.05) is 11.8 Å². The maximum absolute atomic E-state index is 13.2. The third-order valence-electron chi connectivity index (χ3n) is 2.95. The van der Waals surface area contributed by atoms with Gasteiger partial charge in [0, 0.05) is 18.7 Å². The quantitative estimate of drug-likeness (QED) is 0.820. The molecule has 1 fully saturated rings. The molecular formula is C13H15FN2O2S. The molecule has 6 heteroatoms. The lowest BCUT2D eigenvalue weighted by molar-refractivity contribution is 0.477. The molecule has 1 aromatic carbocycles. The average Bonchev–Trinajstić information content (AvgIpc) is 2.90. The van der Waals surface area contributed by atoms with E-state index in [-0.39, 0.29) is 17.0 Å². The largest absolute Gasteiger partial charge is 0.320 e. The van der Waals surface area contributed by atoms with E-state index in [4.69, 9.17) is 5.73 Å². The van der Waals surface area contributed by atoms with E-state index in [0.717, 1.165) is 25.0 Å². The Morgan fingerprint density at radius 3 is 2.63 bits per heavy atom. The molecular weight excluding hydrogens is 267 g/mol.